The molecule has 0 radical (unpaired) electrons. The molecule has 6 rings (SSSR count). The van der Waals surface area contributed by atoms with Crippen LogP contribution < -0.4 is 22.6 Å². The lowest BCUT2D eigenvalue weighted by Crippen LogP contribution is -3.00. The van der Waals surface area contributed by atoms with Gasteiger partial charge in [-0.15, -0.1) is 20.4 Å². The van der Waals surface area contributed by atoms with Gasteiger partial charge in [0.2, 0.25) is 17.4 Å². The van der Waals surface area contributed by atoms with Gasteiger partial charge in [-0.25, -0.2) is 0 Å². The highest BCUT2D eigenvalue weighted by atomic mass is 35.5. The van der Waals surface area contributed by atoms with Gasteiger partial charge in [0.15, 0.2) is 11.5 Å². The molecule has 0 bridgehead atoms. The third-order valence-electron chi connectivity index (χ3n) is 9.81. The van der Waals surface area contributed by atoms with E-state index >= 15 is 0 Å². The smallest absolute Gasteiger partial charge is 0.220 e. The number of nitrogens with one attached hydrogen (secondary N) is 1. The Kier molecular flexibility index (Phi) is 10.8. The first kappa shape index (κ1) is 35.6. The number of amides is 1. The van der Waals surface area contributed by atoms with Gasteiger partial charge in [-0.2, -0.15) is 4.58 Å². The van der Waals surface area contributed by atoms with Crippen molar-refractivity contribution in [3.8, 4) is 11.4 Å². The van der Waals surface area contributed by atoms with Gasteiger partial charge in [-0.05, 0) is 56.9 Å². The molecular formula is C40H46ClN7O. The van der Waals surface area contributed by atoms with Crippen LogP contribution in [0.1, 0.15) is 75.9 Å². The van der Waals surface area contributed by atoms with Crippen molar-refractivity contribution in [2.45, 2.75) is 77.7 Å². The number of halogens is 1. The van der Waals surface area contributed by atoms with E-state index in [1.165, 1.54) is 33.9 Å². The first-order chi connectivity index (χ1) is 23.1. The predicted molar refractivity (Wildman–Crippen MR) is 192 cm³/mol. The van der Waals surface area contributed by atoms with E-state index in [1.54, 1.807) is 6.92 Å². The molecule has 1 amide bonds. The number of allylic oxidation sites excluding steroid dienone is 4. The van der Waals surface area contributed by atoms with Gasteiger partial charge in [-0.1, -0.05) is 87.0 Å². The van der Waals surface area contributed by atoms with Crippen molar-refractivity contribution in [3.63, 3.8) is 0 Å². The average molecular weight is 676 g/mol. The SMILES string of the molecule is Cc1nnc(-c2ccc(CNC(=O)CCCCCN3C(=CC=CC4=[N+](C)c5ccccc5C4(C)C)C(C)(C)c4ccccc43)cc2)nn1.[Cl-]. The van der Waals surface area contributed by atoms with Crippen molar-refractivity contribution in [2.24, 2.45) is 0 Å². The van der Waals surface area contributed by atoms with Crippen LogP contribution in [0.5, 0.6) is 0 Å². The van der Waals surface area contributed by atoms with E-state index in [0.29, 0.717) is 24.6 Å². The van der Waals surface area contributed by atoms with Gasteiger partial charge in [0.1, 0.15) is 7.05 Å². The number of hydrogen-bond donors (Lipinski definition) is 1. The predicted octanol–water partition coefficient (Wildman–Crippen LogP) is 4.37. The van der Waals surface area contributed by atoms with Gasteiger partial charge in [0.25, 0.3) is 0 Å². The number of hydrogen-bond acceptors (Lipinski definition) is 6. The van der Waals surface area contributed by atoms with Crippen molar-refractivity contribution < 1.29 is 21.8 Å². The standard InChI is InChI=1S/C40H45N7O.ClH/c1-28-42-44-38(45-43-28)30-24-22-29(23-25-30)27-41-37(48)21-8-7-13-26-47-34-18-12-10-16-32(34)40(4,5)36(47)20-14-19-35-39(2,3)31-15-9-11-17-33(31)46(35)6;/h9-12,14-20,22-25H,7-8,13,21,26-27H2,1-6H3;1H. The lowest BCUT2D eigenvalue weighted by molar-refractivity contribution is -0.401. The molecule has 3 heterocycles. The largest absolute Gasteiger partial charge is 1.00 e. The van der Waals surface area contributed by atoms with Crippen LogP contribution in [0, 0.1) is 6.92 Å². The van der Waals surface area contributed by atoms with Crippen LogP contribution in [0.2, 0.25) is 0 Å². The fraction of sp³-hybridized carbons (Fsp3) is 0.350. The van der Waals surface area contributed by atoms with Gasteiger partial charge >= 0.3 is 0 Å². The maximum absolute atomic E-state index is 12.6. The zero-order chi connectivity index (χ0) is 33.9. The highest BCUT2D eigenvalue weighted by Crippen LogP contribution is 2.47. The minimum Gasteiger partial charge on any atom is -1.00 e. The average Bonchev–Trinajstić information content (AvgIpc) is 3.42. The topological polar surface area (TPSA) is 86.9 Å². The molecule has 0 aliphatic carbocycles. The van der Waals surface area contributed by atoms with E-state index in [2.05, 4.69) is 137 Å². The molecule has 1 aromatic heterocycles. The molecule has 0 fully saturated rings. The molecule has 2 aliphatic rings. The normalized spacial score (nSPS) is 16.5. The minimum atomic E-state index is -0.106. The third kappa shape index (κ3) is 7.35. The Morgan fingerprint density at radius 2 is 1.51 bits per heavy atom. The van der Waals surface area contributed by atoms with Crippen LogP contribution in [0.15, 0.2) is 96.7 Å². The number of unbranched alkanes of at least 4 members (excludes halogenated alkanes) is 2. The summed E-state index contributed by atoms with van der Waals surface area (Å²) >= 11 is 0. The zero-order valence-electron chi connectivity index (χ0n) is 29.4. The summed E-state index contributed by atoms with van der Waals surface area (Å²) in [6, 6.07) is 25.3. The monoisotopic (exact) mass is 675 g/mol. The number of benzene rings is 3. The fourth-order valence-electron chi connectivity index (χ4n) is 7.10. The Bertz CT molecular complexity index is 1890. The third-order valence-corrected chi connectivity index (χ3v) is 9.81. The number of nitrogens with zero attached hydrogens (tertiary/aromatic N) is 6. The van der Waals surface area contributed by atoms with E-state index < -0.39 is 0 Å². The van der Waals surface area contributed by atoms with Gasteiger partial charge in [0.05, 0.1) is 5.41 Å². The first-order valence-electron chi connectivity index (χ1n) is 16.9. The van der Waals surface area contributed by atoms with E-state index in [9.17, 15) is 4.79 Å². The van der Waals surface area contributed by atoms with E-state index in [-0.39, 0.29) is 29.1 Å². The van der Waals surface area contributed by atoms with E-state index in [0.717, 1.165) is 36.9 Å². The summed E-state index contributed by atoms with van der Waals surface area (Å²) in [5, 5.41) is 19.2. The first-order valence-corrected chi connectivity index (χ1v) is 16.9. The molecule has 0 unspecified atom stereocenters. The Hall–Kier alpha value is -4.69. The number of aromatic nitrogens is 4. The van der Waals surface area contributed by atoms with Crippen molar-refractivity contribution in [3.05, 3.63) is 119 Å². The summed E-state index contributed by atoms with van der Waals surface area (Å²) in [7, 11) is 2.16. The molecule has 0 saturated carbocycles. The molecule has 4 aromatic rings. The highest BCUT2D eigenvalue weighted by Gasteiger charge is 2.43. The fourth-order valence-corrected chi connectivity index (χ4v) is 7.10. The van der Waals surface area contributed by atoms with Crippen LogP contribution in [-0.4, -0.2) is 50.2 Å². The lowest BCUT2D eigenvalue weighted by Gasteiger charge is -2.27. The molecule has 8 nitrogen and oxygen atoms in total. The number of fused-ring (bicyclic) bond motifs is 2. The molecule has 3 aromatic carbocycles. The Labute approximate surface area is 296 Å². The molecule has 0 saturated heterocycles. The highest BCUT2D eigenvalue weighted by molar-refractivity contribution is 6.03. The molecule has 0 atom stereocenters. The second kappa shape index (κ2) is 14.8. The quantitative estimate of drug-likeness (QED) is 0.188. The van der Waals surface area contributed by atoms with E-state index in [4.69, 9.17) is 0 Å². The molecule has 2 aliphatic heterocycles. The lowest BCUT2D eigenvalue weighted by atomic mass is 9.81. The number of anilines is 1. The van der Waals surface area contributed by atoms with Gasteiger partial charge in [-0.3, -0.25) is 4.79 Å². The second-order valence-electron chi connectivity index (χ2n) is 13.8. The van der Waals surface area contributed by atoms with Crippen molar-refractivity contribution in [1.29, 1.82) is 0 Å². The zero-order valence-corrected chi connectivity index (χ0v) is 30.1. The van der Waals surface area contributed by atoms with Gasteiger partial charge < -0.3 is 22.6 Å². The van der Waals surface area contributed by atoms with E-state index in [1.807, 2.05) is 24.3 Å². The molecule has 49 heavy (non-hydrogen) atoms. The summed E-state index contributed by atoms with van der Waals surface area (Å²) in [5.74, 6) is 1.10. The minimum absolute atomic E-state index is 0. The number of para-hydroxylation sites is 2. The number of carbonyl (C=O) groups excluding carboxylic acids is 1. The van der Waals surface area contributed by atoms with Crippen molar-refractivity contribution in [1.82, 2.24) is 25.7 Å². The molecule has 254 valence electrons. The molecule has 0 spiro atoms. The number of carbonyl (C=O) groups is 1. The second-order valence-corrected chi connectivity index (χ2v) is 13.8. The Morgan fingerprint density at radius 1 is 0.837 bits per heavy atom. The number of aryl methyl sites for hydroxylation is 1. The summed E-state index contributed by atoms with van der Waals surface area (Å²) in [6.07, 6.45) is 10.2. The maximum atomic E-state index is 12.6. The van der Waals surface area contributed by atoms with Crippen LogP contribution in [0.25, 0.3) is 11.4 Å². The summed E-state index contributed by atoms with van der Waals surface area (Å²) in [4.78, 5) is 15.1. The number of rotatable bonds is 11. The van der Waals surface area contributed by atoms with Crippen molar-refractivity contribution >= 4 is 23.0 Å². The Balaban J connectivity index is 0.00000468. The van der Waals surface area contributed by atoms with Crippen molar-refractivity contribution in [2.75, 3.05) is 18.5 Å². The van der Waals surface area contributed by atoms with Crippen LogP contribution in [-0.2, 0) is 22.2 Å². The molecule has 9 heteroatoms. The van der Waals surface area contributed by atoms with Crippen LogP contribution in [0.3, 0.4) is 0 Å². The Morgan fingerprint density at radius 3 is 2.22 bits per heavy atom. The summed E-state index contributed by atoms with van der Waals surface area (Å²) in [6.45, 7) is 12.4. The van der Waals surface area contributed by atoms with Crippen LogP contribution in [0.4, 0.5) is 11.4 Å². The van der Waals surface area contributed by atoms with Crippen LogP contribution >= 0.6 is 0 Å². The molecule has 1 N–H and O–H groups in total. The molecular weight excluding hydrogens is 630 g/mol. The summed E-state index contributed by atoms with van der Waals surface area (Å²) < 4.78 is 2.32. The summed E-state index contributed by atoms with van der Waals surface area (Å²) in [5.41, 5.74) is 9.59. The van der Waals surface area contributed by atoms with Gasteiger partial charge in [0, 0.05) is 59.6 Å². The maximum Gasteiger partial charge on any atom is 0.220 e.